The molecule has 0 aliphatic heterocycles. The molecule has 0 saturated carbocycles. The van der Waals surface area contributed by atoms with E-state index in [2.05, 4.69) is 17.2 Å². The molecular formula is C15H20N2O2. The maximum absolute atomic E-state index is 5.53. The number of benzene rings is 1. The normalized spacial score (nSPS) is 10.5. The fourth-order valence-corrected chi connectivity index (χ4v) is 1.68. The lowest BCUT2D eigenvalue weighted by Gasteiger charge is -2.07. The fraction of sp³-hybridized carbons (Fsp3) is 0.400. The molecule has 1 aromatic heterocycles. The molecule has 0 fully saturated rings. The molecule has 0 aliphatic rings. The van der Waals surface area contributed by atoms with Gasteiger partial charge in [-0.25, -0.2) is 4.98 Å². The Bertz CT molecular complexity index is 498. The second kappa shape index (κ2) is 6.27. The molecule has 0 amide bonds. The van der Waals surface area contributed by atoms with E-state index in [4.69, 9.17) is 9.15 Å². The smallest absolute Gasteiger partial charge is 0.213 e. The highest BCUT2D eigenvalue weighted by atomic mass is 16.5. The van der Waals surface area contributed by atoms with Crippen molar-refractivity contribution in [3.05, 3.63) is 41.6 Å². The lowest BCUT2D eigenvalue weighted by Crippen LogP contribution is -2.00. The third kappa shape index (κ3) is 3.74. The number of ether oxygens (including phenoxy) is 1. The zero-order valence-corrected chi connectivity index (χ0v) is 11.7. The van der Waals surface area contributed by atoms with Crippen LogP contribution in [0.25, 0.3) is 0 Å². The molecule has 0 spiro atoms. The summed E-state index contributed by atoms with van der Waals surface area (Å²) in [7, 11) is 0. The number of hydrogen-bond acceptors (Lipinski definition) is 4. The summed E-state index contributed by atoms with van der Waals surface area (Å²) in [5.41, 5.74) is 1.97. The monoisotopic (exact) mass is 260 g/mol. The van der Waals surface area contributed by atoms with Crippen LogP contribution in [0.5, 0.6) is 5.75 Å². The van der Waals surface area contributed by atoms with E-state index in [1.54, 1.807) is 0 Å². The Morgan fingerprint density at radius 2 is 1.95 bits per heavy atom. The number of aryl methyl sites for hydroxylation is 2. The standard InChI is InChI=1S/C15H20N2O2/c1-4-9-18-14-7-5-13(6-8-14)16-10-15-17-11(2)12(3)19-15/h5-8,16H,4,9-10H2,1-3H3. The Hall–Kier alpha value is -1.97. The quantitative estimate of drug-likeness (QED) is 0.860. The zero-order valence-electron chi connectivity index (χ0n) is 11.7. The van der Waals surface area contributed by atoms with Gasteiger partial charge in [-0.05, 0) is 44.5 Å². The van der Waals surface area contributed by atoms with E-state index in [0.29, 0.717) is 12.4 Å². The van der Waals surface area contributed by atoms with Crippen molar-refractivity contribution in [2.45, 2.75) is 33.7 Å². The molecule has 1 aromatic carbocycles. The Morgan fingerprint density at radius 1 is 1.21 bits per heavy atom. The highest BCUT2D eigenvalue weighted by molar-refractivity contribution is 5.46. The lowest BCUT2D eigenvalue weighted by molar-refractivity contribution is 0.317. The first kappa shape index (κ1) is 13.5. The molecule has 1 N–H and O–H groups in total. The molecular weight excluding hydrogens is 240 g/mol. The van der Waals surface area contributed by atoms with Gasteiger partial charge in [0.05, 0.1) is 18.8 Å². The van der Waals surface area contributed by atoms with Crippen LogP contribution >= 0.6 is 0 Å². The number of rotatable bonds is 6. The van der Waals surface area contributed by atoms with Gasteiger partial charge in [-0.3, -0.25) is 0 Å². The molecule has 19 heavy (non-hydrogen) atoms. The summed E-state index contributed by atoms with van der Waals surface area (Å²) in [6, 6.07) is 7.91. The molecule has 0 radical (unpaired) electrons. The third-order valence-electron chi connectivity index (χ3n) is 2.84. The molecule has 0 saturated heterocycles. The molecule has 4 nitrogen and oxygen atoms in total. The van der Waals surface area contributed by atoms with Crippen LogP contribution in [-0.2, 0) is 6.54 Å². The van der Waals surface area contributed by atoms with E-state index in [-0.39, 0.29) is 0 Å². The summed E-state index contributed by atoms with van der Waals surface area (Å²) in [6.07, 6.45) is 1.02. The van der Waals surface area contributed by atoms with E-state index in [1.165, 1.54) is 0 Å². The van der Waals surface area contributed by atoms with Gasteiger partial charge in [0, 0.05) is 5.69 Å². The van der Waals surface area contributed by atoms with Gasteiger partial charge < -0.3 is 14.5 Å². The Labute approximate surface area is 113 Å². The Balaban J connectivity index is 1.89. The van der Waals surface area contributed by atoms with Crippen LogP contribution in [0, 0.1) is 13.8 Å². The average Bonchev–Trinajstić information content (AvgIpc) is 2.74. The van der Waals surface area contributed by atoms with Gasteiger partial charge in [-0.15, -0.1) is 0 Å². The van der Waals surface area contributed by atoms with Crippen LogP contribution in [0.1, 0.15) is 30.7 Å². The van der Waals surface area contributed by atoms with E-state index >= 15 is 0 Å². The summed E-state index contributed by atoms with van der Waals surface area (Å²) in [4.78, 5) is 4.33. The summed E-state index contributed by atoms with van der Waals surface area (Å²) in [5.74, 6) is 2.48. The van der Waals surface area contributed by atoms with Crippen molar-refractivity contribution in [1.82, 2.24) is 4.98 Å². The van der Waals surface area contributed by atoms with Gasteiger partial charge in [0.1, 0.15) is 11.5 Å². The minimum Gasteiger partial charge on any atom is -0.494 e. The minimum atomic E-state index is 0.587. The molecule has 2 rings (SSSR count). The van der Waals surface area contributed by atoms with E-state index < -0.39 is 0 Å². The first-order chi connectivity index (χ1) is 9.19. The predicted molar refractivity (Wildman–Crippen MR) is 75.5 cm³/mol. The van der Waals surface area contributed by atoms with Crippen LogP contribution in [0.3, 0.4) is 0 Å². The molecule has 0 unspecified atom stereocenters. The molecule has 4 heteroatoms. The molecule has 102 valence electrons. The van der Waals surface area contributed by atoms with Gasteiger partial charge in [-0.2, -0.15) is 0 Å². The van der Waals surface area contributed by atoms with Crippen molar-refractivity contribution in [3.63, 3.8) is 0 Å². The Morgan fingerprint density at radius 3 is 2.53 bits per heavy atom. The van der Waals surface area contributed by atoms with Crippen molar-refractivity contribution >= 4 is 5.69 Å². The van der Waals surface area contributed by atoms with Crippen molar-refractivity contribution in [2.24, 2.45) is 0 Å². The van der Waals surface area contributed by atoms with Crippen molar-refractivity contribution in [3.8, 4) is 5.75 Å². The number of nitrogens with one attached hydrogen (secondary N) is 1. The maximum atomic E-state index is 5.53. The molecule has 0 bridgehead atoms. The van der Waals surface area contributed by atoms with Gasteiger partial charge in [0.2, 0.25) is 5.89 Å². The number of hydrogen-bond donors (Lipinski definition) is 1. The first-order valence-corrected chi connectivity index (χ1v) is 6.58. The average molecular weight is 260 g/mol. The minimum absolute atomic E-state index is 0.587. The molecule has 0 atom stereocenters. The van der Waals surface area contributed by atoms with Crippen LogP contribution in [0.2, 0.25) is 0 Å². The van der Waals surface area contributed by atoms with E-state index in [1.807, 2.05) is 38.1 Å². The number of anilines is 1. The first-order valence-electron chi connectivity index (χ1n) is 6.58. The van der Waals surface area contributed by atoms with Gasteiger partial charge in [0.25, 0.3) is 0 Å². The topological polar surface area (TPSA) is 47.3 Å². The van der Waals surface area contributed by atoms with Crippen molar-refractivity contribution in [1.29, 1.82) is 0 Å². The number of oxazole rings is 1. The highest BCUT2D eigenvalue weighted by Gasteiger charge is 2.04. The number of nitrogens with zero attached hydrogens (tertiary/aromatic N) is 1. The van der Waals surface area contributed by atoms with Crippen LogP contribution in [0.4, 0.5) is 5.69 Å². The second-order valence-electron chi connectivity index (χ2n) is 4.48. The van der Waals surface area contributed by atoms with E-state index in [0.717, 1.165) is 35.9 Å². The van der Waals surface area contributed by atoms with Crippen LogP contribution < -0.4 is 10.1 Å². The SMILES string of the molecule is CCCOc1ccc(NCc2nc(C)c(C)o2)cc1. The summed E-state index contributed by atoms with van der Waals surface area (Å²) < 4.78 is 11.0. The zero-order chi connectivity index (χ0) is 13.7. The van der Waals surface area contributed by atoms with Crippen molar-refractivity contribution < 1.29 is 9.15 Å². The molecule has 2 aromatic rings. The third-order valence-corrected chi connectivity index (χ3v) is 2.84. The van der Waals surface area contributed by atoms with E-state index in [9.17, 15) is 0 Å². The highest BCUT2D eigenvalue weighted by Crippen LogP contribution is 2.17. The van der Waals surface area contributed by atoms with Gasteiger partial charge >= 0.3 is 0 Å². The molecule has 1 heterocycles. The summed E-state index contributed by atoms with van der Waals surface area (Å²) in [6.45, 7) is 7.30. The molecule has 0 aliphatic carbocycles. The number of aromatic nitrogens is 1. The summed E-state index contributed by atoms with van der Waals surface area (Å²) in [5, 5.41) is 3.27. The fourth-order valence-electron chi connectivity index (χ4n) is 1.68. The maximum Gasteiger partial charge on any atom is 0.213 e. The lowest BCUT2D eigenvalue weighted by atomic mass is 10.3. The predicted octanol–water partition coefficient (Wildman–Crippen LogP) is 3.69. The van der Waals surface area contributed by atoms with Crippen LogP contribution in [-0.4, -0.2) is 11.6 Å². The second-order valence-corrected chi connectivity index (χ2v) is 4.48. The summed E-state index contributed by atoms with van der Waals surface area (Å²) >= 11 is 0. The van der Waals surface area contributed by atoms with Gasteiger partial charge in [0.15, 0.2) is 0 Å². The van der Waals surface area contributed by atoms with Crippen LogP contribution in [0.15, 0.2) is 28.7 Å². The largest absolute Gasteiger partial charge is 0.494 e. The van der Waals surface area contributed by atoms with Crippen molar-refractivity contribution in [2.75, 3.05) is 11.9 Å². The Kier molecular flexibility index (Phi) is 4.44. The van der Waals surface area contributed by atoms with Gasteiger partial charge in [-0.1, -0.05) is 6.92 Å².